The molecule has 6 fully saturated rings. The number of hydrogen-bond donors (Lipinski definition) is 11. The molecule has 3 aromatic heterocycles. The fourth-order valence-electron chi connectivity index (χ4n) is 15.5. The van der Waals surface area contributed by atoms with Crippen molar-refractivity contribution in [3.8, 4) is 33.8 Å². The summed E-state index contributed by atoms with van der Waals surface area (Å²) in [6.07, 6.45) is -19.4. The molecule has 570 valence electrons. The SMILES string of the molecule is CCC1O[C@@H](O[C@@H]2C[C@@H](C(=O)NCCCC(=O)C3CC(n4cc(-c5cccc(F)c5)nn4)[C@@H](O[C@@H]4OC(C)[C@@H](O)[C@H](O)C4O)[C@H](O[C@@H]4O[C@@H](CO)[C@H](O)C(O[C@@H](CC5CCCCC5)C(=O)O)C4NC(C)=O)C3)CC(n3cc(-c4cccc(F)c4)nn3)C2O)[C@H](O)C(n2cc(-c3cccc(F)c3)nn2)[C@H]1O. The van der Waals surface area contributed by atoms with Crippen molar-refractivity contribution in [1.29, 1.82) is 0 Å². The van der Waals surface area contributed by atoms with Gasteiger partial charge in [-0.05, 0) is 94.2 Å². The van der Waals surface area contributed by atoms with Crippen LogP contribution in [0.5, 0.6) is 0 Å². The van der Waals surface area contributed by atoms with Crippen molar-refractivity contribution in [2.24, 2.45) is 17.8 Å². The number of carboxylic acids is 1. The van der Waals surface area contributed by atoms with Gasteiger partial charge in [0.1, 0.15) is 113 Å². The van der Waals surface area contributed by atoms with Crippen molar-refractivity contribution in [3.63, 3.8) is 0 Å². The first-order valence-electron chi connectivity index (χ1n) is 35.7. The highest BCUT2D eigenvalue weighted by molar-refractivity contribution is 5.82. The molecule has 10 unspecified atom stereocenters. The number of aliphatic hydroxyl groups is 8. The summed E-state index contributed by atoms with van der Waals surface area (Å²) in [6.45, 7) is 3.36. The summed E-state index contributed by atoms with van der Waals surface area (Å²) in [6, 6.07) is 11.7. The van der Waals surface area contributed by atoms with Crippen LogP contribution in [0.3, 0.4) is 0 Å². The van der Waals surface area contributed by atoms with Gasteiger partial charge in [0.2, 0.25) is 11.8 Å². The molecule has 24 atom stereocenters. The molecule has 34 heteroatoms. The van der Waals surface area contributed by atoms with Crippen LogP contribution in [-0.4, -0.2) is 244 Å². The van der Waals surface area contributed by atoms with Gasteiger partial charge in [0, 0.05) is 48.4 Å². The lowest BCUT2D eigenvalue weighted by atomic mass is 9.78. The van der Waals surface area contributed by atoms with Gasteiger partial charge in [0.05, 0.1) is 61.7 Å². The highest BCUT2D eigenvalue weighted by Gasteiger charge is 2.55. The van der Waals surface area contributed by atoms with E-state index in [9.17, 15) is 73.5 Å². The second kappa shape index (κ2) is 34.1. The smallest absolute Gasteiger partial charge is 0.332 e. The summed E-state index contributed by atoms with van der Waals surface area (Å²) in [5, 5.41) is 134. The average Bonchev–Trinajstić information content (AvgIpc) is 1.64. The van der Waals surface area contributed by atoms with Gasteiger partial charge >= 0.3 is 5.97 Å². The summed E-state index contributed by atoms with van der Waals surface area (Å²) in [7, 11) is 0. The monoisotopic (exact) mass is 1470 g/mol. The van der Waals surface area contributed by atoms with Crippen molar-refractivity contribution in [2.75, 3.05) is 13.2 Å². The molecule has 3 aliphatic heterocycles. The Morgan fingerprint density at radius 2 is 1.16 bits per heavy atom. The van der Waals surface area contributed by atoms with E-state index in [4.69, 9.17) is 33.2 Å². The van der Waals surface area contributed by atoms with Crippen LogP contribution in [-0.2, 0) is 52.3 Å². The summed E-state index contributed by atoms with van der Waals surface area (Å²) in [5.41, 5.74) is 1.70. The topological polar surface area (TPSA) is 431 Å². The molecule has 0 radical (unpaired) electrons. The minimum atomic E-state index is -1.90. The number of aliphatic hydroxyl groups excluding tert-OH is 8. The third-order valence-electron chi connectivity index (χ3n) is 21.1. The number of carbonyl (C=O) groups is 4. The van der Waals surface area contributed by atoms with Gasteiger partial charge in [-0.2, -0.15) is 0 Å². The van der Waals surface area contributed by atoms with Crippen LogP contribution in [0.15, 0.2) is 91.4 Å². The number of ketones is 1. The minimum absolute atomic E-state index is 0.0215. The molecule has 0 bridgehead atoms. The number of rotatable bonds is 26. The first-order valence-corrected chi connectivity index (χ1v) is 35.7. The van der Waals surface area contributed by atoms with Crippen LogP contribution < -0.4 is 10.6 Å². The number of hydrogen-bond acceptors (Lipinski definition) is 25. The van der Waals surface area contributed by atoms with Crippen molar-refractivity contribution in [1.82, 2.24) is 55.6 Å². The number of aromatic nitrogens is 9. The first-order chi connectivity index (χ1) is 50.4. The van der Waals surface area contributed by atoms with Gasteiger partial charge in [0.25, 0.3) is 0 Å². The average molecular weight is 1470 g/mol. The van der Waals surface area contributed by atoms with Crippen LogP contribution in [0.2, 0.25) is 0 Å². The molecule has 6 aromatic rings. The third-order valence-corrected chi connectivity index (χ3v) is 21.1. The molecular formula is C71H90F3N11O20. The molecule has 12 rings (SSSR count). The lowest BCUT2D eigenvalue weighted by Gasteiger charge is -2.49. The van der Waals surface area contributed by atoms with Gasteiger partial charge in [-0.15, -0.1) is 15.3 Å². The largest absolute Gasteiger partial charge is 0.479 e. The van der Waals surface area contributed by atoms with Crippen LogP contribution in [0, 0.1) is 35.2 Å². The van der Waals surface area contributed by atoms with Gasteiger partial charge < -0.3 is 89.8 Å². The Bertz CT molecular complexity index is 3930. The van der Waals surface area contributed by atoms with Crippen molar-refractivity contribution in [2.45, 2.75) is 239 Å². The number of nitrogens with zero attached hydrogens (tertiary/aromatic N) is 9. The van der Waals surface area contributed by atoms with Crippen LogP contribution >= 0.6 is 0 Å². The number of amides is 2. The van der Waals surface area contributed by atoms with Gasteiger partial charge in [-0.3, -0.25) is 14.4 Å². The Hall–Kier alpha value is -7.65. The predicted molar refractivity (Wildman–Crippen MR) is 357 cm³/mol. The molecule has 105 heavy (non-hydrogen) atoms. The normalized spacial score (nSPS) is 33.6. The molecule has 31 nitrogen and oxygen atoms in total. The number of ether oxygens (including phenoxy) is 7. The Labute approximate surface area is 600 Å². The maximum absolute atomic E-state index is 15.1. The van der Waals surface area contributed by atoms with E-state index in [0.29, 0.717) is 16.7 Å². The predicted octanol–water partition coefficient (Wildman–Crippen LogP) is 2.78. The maximum atomic E-state index is 15.1. The molecule has 3 aromatic carbocycles. The highest BCUT2D eigenvalue weighted by Crippen LogP contribution is 2.44. The van der Waals surface area contributed by atoms with Crippen molar-refractivity contribution < 1.29 is 111 Å². The van der Waals surface area contributed by atoms with E-state index < -0.39 is 194 Å². The van der Waals surface area contributed by atoms with E-state index >= 15 is 4.79 Å². The number of halogens is 3. The first kappa shape index (κ1) is 77.0. The summed E-state index contributed by atoms with van der Waals surface area (Å²) in [5.74, 6) is -6.67. The van der Waals surface area contributed by atoms with Gasteiger partial charge in [0.15, 0.2) is 25.0 Å². The van der Waals surface area contributed by atoms with E-state index in [1.165, 1.54) is 94.2 Å². The fraction of sp³-hybridized carbons (Fsp3) is 0.606. The second-order valence-corrected chi connectivity index (χ2v) is 28.3. The highest BCUT2D eigenvalue weighted by atomic mass is 19.1. The second-order valence-electron chi connectivity index (χ2n) is 28.3. The molecule has 0 spiro atoms. The zero-order valence-corrected chi connectivity index (χ0v) is 57.9. The Balaban J connectivity index is 0.809. The van der Waals surface area contributed by atoms with Crippen molar-refractivity contribution in [3.05, 3.63) is 109 Å². The fourth-order valence-corrected chi connectivity index (χ4v) is 15.5. The minimum Gasteiger partial charge on any atom is -0.479 e. The number of benzene rings is 3. The third kappa shape index (κ3) is 17.7. The van der Waals surface area contributed by atoms with E-state index in [2.05, 4.69) is 41.6 Å². The van der Waals surface area contributed by atoms with E-state index in [1.54, 1.807) is 25.1 Å². The molecule has 6 aliphatic rings. The zero-order valence-electron chi connectivity index (χ0n) is 57.9. The quantitative estimate of drug-likeness (QED) is 0.0348. The van der Waals surface area contributed by atoms with Crippen LogP contribution in [0.25, 0.3) is 33.8 Å². The number of carboxylic acid groups (broad SMARTS) is 1. The van der Waals surface area contributed by atoms with E-state index in [1.807, 2.05) is 0 Å². The number of aliphatic carboxylic acids is 1. The molecule has 11 N–H and O–H groups in total. The molecule has 3 saturated carbocycles. The molecular weight excluding hydrogens is 1380 g/mol. The van der Waals surface area contributed by atoms with Crippen LogP contribution in [0.4, 0.5) is 13.2 Å². The lowest BCUT2D eigenvalue weighted by Crippen LogP contribution is -2.67. The number of nitrogens with one attached hydrogen (secondary N) is 2. The Kier molecular flexibility index (Phi) is 25.0. The number of carbonyl (C=O) groups excluding carboxylic acids is 3. The number of Topliss-reactive ketones (excluding diaryl/α,β-unsaturated/α-hetero) is 1. The van der Waals surface area contributed by atoms with E-state index in [0.717, 1.165) is 39.0 Å². The molecule has 2 amide bonds. The molecule has 3 aliphatic carbocycles. The molecule has 3 saturated heterocycles. The Morgan fingerprint density at radius 3 is 1.74 bits per heavy atom. The summed E-state index contributed by atoms with van der Waals surface area (Å²) < 4.78 is 92.3. The summed E-state index contributed by atoms with van der Waals surface area (Å²) in [4.78, 5) is 56.1. The lowest BCUT2D eigenvalue weighted by molar-refractivity contribution is -0.337. The van der Waals surface area contributed by atoms with Gasteiger partial charge in [-0.25, -0.2) is 32.0 Å². The Morgan fingerprint density at radius 1 is 0.610 bits per heavy atom. The van der Waals surface area contributed by atoms with Crippen LogP contribution in [0.1, 0.15) is 122 Å². The van der Waals surface area contributed by atoms with E-state index in [-0.39, 0.29) is 80.9 Å². The van der Waals surface area contributed by atoms with Crippen molar-refractivity contribution >= 4 is 23.6 Å². The van der Waals surface area contributed by atoms with Gasteiger partial charge in [-0.1, -0.05) is 91.1 Å². The standard InChI is InChI=1S/C71H90F3N11O20/c1-4-51-60(91)57(85-32-47(79-82-85)39-16-10-19-44(74)25-39)62(93)70(101-51)102-52-29-41(27-48(59(52)90)83-30-45(77-80-83)37-14-8-17-42(72)23-37)67(96)75-21-11-20-50(88)40-26-49(84-31-46(78-81-84)38-15-9-18-43(73)24-38)65(105-71-64(95)63(94)58(89)34(2)99-71)53(28-40)103-69-56(76-35(3)87)66(61(92)55(33-86)104-69)100-54(68(97)98)22-36-12-6-5-7-13-36/h8-10,14-19,23-25,30-32,34,36,40-41,48-49,51-66,69-71,86,89-95H,4-7,11-13,20-22,26-29,33H2,1-3H3,(H,75,96)(H,76,87)(H,97,98)/t34?,40?,41-,48?,49?,51?,52+,53+,54-,55-,56?,57?,58+,59?,60-,61-,62+,63-,64?,65+,66?,69+,70-,71-/m0/s1. The molecule has 6 heterocycles. The summed E-state index contributed by atoms with van der Waals surface area (Å²) >= 11 is 0. The maximum Gasteiger partial charge on any atom is 0.332 e. The zero-order chi connectivity index (χ0) is 74.5.